The number of ether oxygens (including phenoxy) is 2. The maximum Gasteiger partial charge on any atom is 0.245 e. The van der Waals surface area contributed by atoms with E-state index in [0.29, 0.717) is 22.2 Å². The zero-order valence-electron chi connectivity index (χ0n) is 20.8. The number of halogens is 1. The van der Waals surface area contributed by atoms with E-state index in [1.165, 1.54) is 13.2 Å². The number of hydrogen-bond donors (Lipinski definition) is 2. The highest BCUT2D eigenvalue weighted by molar-refractivity contribution is 7.89. The van der Waals surface area contributed by atoms with Gasteiger partial charge in [-0.15, -0.1) is 0 Å². The minimum atomic E-state index is -4.14. The van der Waals surface area contributed by atoms with Crippen LogP contribution in [0, 0.1) is 6.92 Å². The Morgan fingerprint density at radius 1 is 0.895 bits per heavy atom. The van der Waals surface area contributed by atoms with Crippen molar-refractivity contribution in [3.05, 3.63) is 113 Å². The van der Waals surface area contributed by atoms with Crippen molar-refractivity contribution in [3.63, 3.8) is 0 Å². The Labute approximate surface area is 227 Å². The molecular weight excluding hydrogens is 524 g/mol. The number of rotatable bonds is 10. The number of carbonyl (C=O) groups excluding carboxylic acids is 1. The van der Waals surface area contributed by atoms with Gasteiger partial charge in [-0.05, 0) is 66.9 Å². The summed E-state index contributed by atoms with van der Waals surface area (Å²) >= 11 is 6.22. The molecule has 0 spiro atoms. The predicted octanol–water partition coefficient (Wildman–Crippen LogP) is 5.98. The number of anilines is 1. The van der Waals surface area contributed by atoms with Crippen LogP contribution in [-0.2, 0) is 21.2 Å². The summed E-state index contributed by atoms with van der Waals surface area (Å²) in [5, 5.41) is 3.18. The van der Waals surface area contributed by atoms with E-state index in [1.54, 1.807) is 49.4 Å². The summed E-state index contributed by atoms with van der Waals surface area (Å²) in [6.45, 7) is 1.78. The highest BCUT2D eigenvalue weighted by Gasteiger charge is 2.29. The molecule has 0 aromatic heterocycles. The maximum atomic E-state index is 13.6. The first-order chi connectivity index (χ1) is 18.2. The molecule has 7 nitrogen and oxygen atoms in total. The van der Waals surface area contributed by atoms with Gasteiger partial charge in [0, 0.05) is 5.02 Å². The molecule has 0 unspecified atom stereocenters. The smallest absolute Gasteiger partial charge is 0.245 e. The topological polar surface area (TPSA) is 93.7 Å². The third-order valence-electron chi connectivity index (χ3n) is 5.68. The maximum absolute atomic E-state index is 13.6. The van der Waals surface area contributed by atoms with Gasteiger partial charge in [-0.2, -0.15) is 4.72 Å². The van der Waals surface area contributed by atoms with Gasteiger partial charge in [0.1, 0.15) is 22.4 Å². The van der Waals surface area contributed by atoms with Crippen LogP contribution in [0.15, 0.2) is 102 Å². The van der Waals surface area contributed by atoms with Crippen LogP contribution in [0.1, 0.15) is 11.1 Å². The van der Waals surface area contributed by atoms with Gasteiger partial charge in [-0.25, -0.2) is 8.42 Å². The molecule has 1 amide bonds. The van der Waals surface area contributed by atoms with Gasteiger partial charge in [-0.1, -0.05) is 66.2 Å². The van der Waals surface area contributed by atoms with Crippen LogP contribution in [0.4, 0.5) is 5.69 Å². The van der Waals surface area contributed by atoms with E-state index in [-0.39, 0.29) is 17.1 Å². The average molecular weight is 551 g/mol. The molecule has 4 rings (SSSR count). The van der Waals surface area contributed by atoms with Gasteiger partial charge in [0.05, 0.1) is 12.8 Å². The van der Waals surface area contributed by atoms with E-state index in [0.717, 1.165) is 11.1 Å². The van der Waals surface area contributed by atoms with Crippen molar-refractivity contribution in [2.45, 2.75) is 24.3 Å². The first-order valence-electron chi connectivity index (χ1n) is 11.8. The van der Waals surface area contributed by atoms with Crippen molar-refractivity contribution in [2.75, 3.05) is 12.4 Å². The lowest BCUT2D eigenvalue weighted by atomic mass is 10.1. The van der Waals surface area contributed by atoms with E-state index < -0.39 is 22.0 Å². The van der Waals surface area contributed by atoms with Crippen molar-refractivity contribution in [2.24, 2.45) is 0 Å². The minimum absolute atomic E-state index is 0.0540. The molecule has 0 fully saturated rings. The molecule has 0 aliphatic heterocycles. The quantitative estimate of drug-likeness (QED) is 0.253. The summed E-state index contributed by atoms with van der Waals surface area (Å²) in [4.78, 5) is 13.5. The van der Waals surface area contributed by atoms with Crippen LogP contribution in [0.2, 0.25) is 5.02 Å². The van der Waals surface area contributed by atoms with E-state index in [2.05, 4.69) is 10.0 Å². The van der Waals surface area contributed by atoms with Crippen molar-refractivity contribution in [1.29, 1.82) is 0 Å². The summed E-state index contributed by atoms with van der Waals surface area (Å²) in [6, 6.07) is 26.7. The minimum Gasteiger partial charge on any atom is -0.495 e. The average Bonchev–Trinajstić information content (AvgIpc) is 2.91. The third-order valence-corrected chi connectivity index (χ3v) is 7.40. The molecule has 38 heavy (non-hydrogen) atoms. The lowest BCUT2D eigenvalue weighted by molar-refractivity contribution is -0.117. The number of aryl methyl sites for hydroxylation is 1. The molecule has 0 aliphatic carbocycles. The first kappa shape index (κ1) is 27.2. The molecule has 4 aromatic carbocycles. The molecule has 9 heteroatoms. The Morgan fingerprint density at radius 3 is 2.24 bits per heavy atom. The molecule has 2 N–H and O–H groups in total. The molecule has 0 heterocycles. The normalized spacial score (nSPS) is 12.0. The highest BCUT2D eigenvalue weighted by atomic mass is 35.5. The van der Waals surface area contributed by atoms with Crippen molar-refractivity contribution in [3.8, 4) is 17.2 Å². The van der Waals surface area contributed by atoms with Crippen LogP contribution in [-0.4, -0.2) is 27.5 Å². The van der Waals surface area contributed by atoms with E-state index in [9.17, 15) is 13.2 Å². The number of amides is 1. The van der Waals surface area contributed by atoms with Gasteiger partial charge in [-0.3, -0.25) is 4.79 Å². The number of sulfonamides is 1. The van der Waals surface area contributed by atoms with Gasteiger partial charge in [0.15, 0.2) is 5.75 Å². The second-order valence-electron chi connectivity index (χ2n) is 8.56. The molecule has 1 atom stereocenters. The molecule has 4 aromatic rings. The number of benzene rings is 4. The zero-order valence-corrected chi connectivity index (χ0v) is 22.4. The van der Waals surface area contributed by atoms with Gasteiger partial charge in [0.2, 0.25) is 15.9 Å². The second-order valence-corrected chi connectivity index (χ2v) is 10.7. The SMILES string of the molecule is COc1ccc(C)cc1S(=O)(=O)N[C@H](Cc1ccccc1)C(=O)Nc1cc(Cl)ccc1Oc1ccccc1. The molecule has 0 saturated heterocycles. The van der Waals surface area contributed by atoms with E-state index >= 15 is 0 Å². The van der Waals surface area contributed by atoms with Crippen molar-refractivity contribution >= 4 is 33.2 Å². The Bertz CT molecular complexity index is 1510. The Morgan fingerprint density at radius 2 is 1.55 bits per heavy atom. The lowest BCUT2D eigenvalue weighted by Crippen LogP contribution is -2.45. The fraction of sp³-hybridized carbons (Fsp3) is 0.138. The lowest BCUT2D eigenvalue weighted by Gasteiger charge is -2.21. The van der Waals surface area contributed by atoms with Crippen LogP contribution in [0.5, 0.6) is 17.2 Å². The van der Waals surface area contributed by atoms with Crippen molar-refractivity contribution in [1.82, 2.24) is 4.72 Å². The van der Waals surface area contributed by atoms with Gasteiger partial charge < -0.3 is 14.8 Å². The Hall–Kier alpha value is -3.85. The summed E-state index contributed by atoms with van der Waals surface area (Å²) in [6.07, 6.45) is 0.107. The van der Waals surface area contributed by atoms with Gasteiger partial charge in [0.25, 0.3) is 0 Å². The fourth-order valence-corrected chi connectivity index (χ4v) is 5.43. The Balaban J connectivity index is 1.66. The summed E-state index contributed by atoms with van der Waals surface area (Å²) in [5.41, 5.74) is 1.81. The van der Waals surface area contributed by atoms with Crippen molar-refractivity contribution < 1.29 is 22.7 Å². The van der Waals surface area contributed by atoms with E-state index in [4.69, 9.17) is 21.1 Å². The highest BCUT2D eigenvalue weighted by Crippen LogP contribution is 2.32. The molecule has 0 aliphatic rings. The molecule has 196 valence electrons. The van der Waals surface area contributed by atoms with Crippen LogP contribution < -0.4 is 19.5 Å². The molecule has 0 radical (unpaired) electrons. The van der Waals surface area contributed by atoms with Crippen LogP contribution >= 0.6 is 11.6 Å². The molecular formula is C29H27ClN2O5S. The monoisotopic (exact) mass is 550 g/mol. The number of carbonyl (C=O) groups is 1. The van der Waals surface area contributed by atoms with Gasteiger partial charge >= 0.3 is 0 Å². The predicted molar refractivity (Wildman–Crippen MR) is 149 cm³/mol. The van der Waals surface area contributed by atoms with Crippen LogP contribution in [0.3, 0.4) is 0 Å². The summed E-state index contributed by atoms with van der Waals surface area (Å²) < 4.78 is 40.7. The first-order valence-corrected chi connectivity index (χ1v) is 13.7. The number of para-hydroxylation sites is 1. The van der Waals surface area contributed by atoms with E-state index in [1.807, 2.05) is 48.5 Å². The summed E-state index contributed by atoms with van der Waals surface area (Å²) in [7, 11) is -2.75. The van der Waals surface area contributed by atoms with Crippen LogP contribution in [0.25, 0.3) is 0 Å². The number of hydrogen-bond acceptors (Lipinski definition) is 5. The fourth-order valence-electron chi connectivity index (χ4n) is 3.81. The summed E-state index contributed by atoms with van der Waals surface area (Å²) in [5.74, 6) is 0.522. The molecule has 0 bridgehead atoms. The Kier molecular flexibility index (Phi) is 8.68. The largest absolute Gasteiger partial charge is 0.495 e. The third kappa shape index (κ3) is 6.92. The number of methoxy groups -OCH3 is 1. The molecule has 0 saturated carbocycles. The standard InChI is InChI=1S/C29H27ClN2O5S/c1-20-13-15-27(36-2)28(17-20)38(34,35)32-25(18-21-9-5-3-6-10-21)29(33)31-24-19-22(30)14-16-26(24)37-23-11-7-4-8-12-23/h3-17,19,25,32H,18H2,1-2H3,(H,31,33)/t25-/m1/s1. The second kappa shape index (κ2) is 12.1. The number of nitrogens with one attached hydrogen (secondary N) is 2. The zero-order chi connectivity index (χ0) is 27.1.